The lowest BCUT2D eigenvalue weighted by molar-refractivity contribution is -0.348. The SMILES string of the molecule is CNN(Cc1ccc(C(F)(C(F)(F)F)C(F)(F)F)cc1)C(=O)c1ccccc1. The van der Waals surface area contributed by atoms with Crippen LogP contribution in [0.2, 0.25) is 0 Å². The van der Waals surface area contributed by atoms with Crippen LogP contribution in [-0.2, 0) is 12.2 Å². The first-order chi connectivity index (χ1) is 12.9. The van der Waals surface area contributed by atoms with Gasteiger partial charge in [-0.25, -0.2) is 9.82 Å². The molecule has 0 aliphatic heterocycles. The fourth-order valence-corrected chi connectivity index (χ4v) is 2.50. The number of benzene rings is 2. The van der Waals surface area contributed by atoms with Gasteiger partial charge in [-0.15, -0.1) is 0 Å². The Labute approximate surface area is 155 Å². The third-order valence-corrected chi connectivity index (χ3v) is 4.01. The van der Waals surface area contributed by atoms with Crippen molar-refractivity contribution < 1.29 is 35.5 Å². The Balaban J connectivity index is 2.27. The van der Waals surface area contributed by atoms with Crippen molar-refractivity contribution in [3.05, 3.63) is 71.3 Å². The van der Waals surface area contributed by atoms with Gasteiger partial charge in [0.2, 0.25) is 0 Å². The summed E-state index contributed by atoms with van der Waals surface area (Å²) in [6.07, 6.45) is -12.3. The number of hydrogen-bond donors (Lipinski definition) is 1. The highest BCUT2D eigenvalue weighted by molar-refractivity contribution is 5.93. The summed E-state index contributed by atoms with van der Waals surface area (Å²) < 4.78 is 90.7. The molecular weight excluding hydrogens is 393 g/mol. The zero-order chi connectivity index (χ0) is 21.2. The van der Waals surface area contributed by atoms with E-state index in [4.69, 9.17) is 0 Å². The van der Waals surface area contributed by atoms with Gasteiger partial charge in [0.05, 0.1) is 6.54 Å². The minimum atomic E-state index is -6.17. The standard InChI is InChI=1S/C18H15F7N2O/c1-26-27(15(28)13-5-3-2-4-6-13)11-12-7-9-14(10-8-12)16(19,17(20,21)22)18(23,24)25/h2-10,26H,11H2,1H3. The summed E-state index contributed by atoms with van der Waals surface area (Å²) in [5.41, 5.74) is -3.95. The summed E-state index contributed by atoms with van der Waals surface area (Å²) in [6.45, 7) is -0.165. The van der Waals surface area contributed by atoms with Gasteiger partial charge in [-0.2, -0.15) is 26.3 Å². The third-order valence-electron chi connectivity index (χ3n) is 4.01. The van der Waals surface area contributed by atoms with Crippen LogP contribution in [0.25, 0.3) is 0 Å². The quantitative estimate of drug-likeness (QED) is 0.572. The smallest absolute Gasteiger partial charge is 0.270 e. The summed E-state index contributed by atoms with van der Waals surface area (Å²) in [4.78, 5) is 12.4. The average molecular weight is 408 g/mol. The summed E-state index contributed by atoms with van der Waals surface area (Å²) in [7, 11) is 1.43. The molecule has 2 aromatic carbocycles. The molecule has 0 aliphatic carbocycles. The Hall–Kier alpha value is -2.62. The molecule has 0 fully saturated rings. The number of hydrogen-bond acceptors (Lipinski definition) is 2. The van der Waals surface area contributed by atoms with Gasteiger partial charge in [0.15, 0.2) is 0 Å². The lowest BCUT2D eigenvalue weighted by atomic mass is 9.93. The Bertz CT molecular complexity index is 787. The van der Waals surface area contributed by atoms with E-state index in [0.29, 0.717) is 17.7 Å². The Morgan fingerprint density at radius 2 is 1.36 bits per heavy atom. The van der Waals surface area contributed by atoms with Crippen LogP contribution < -0.4 is 5.43 Å². The number of nitrogens with zero attached hydrogens (tertiary/aromatic N) is 1. The Morgan fingerprint density at radius 1 is 0.857 bits per heavy atom. The van der Waals surface area contributed by atoms with Crippen molar-refractivity contribution in [2.24, 2.45) is 0 Å². The van der Waals surface area contributed by atoms with Gasteiger partial charge < -0.3 is 0 Å². The summed E-state index contributed by atoms with van der Waals surface area (Å²) in [6, 6.07) is 10.7. The van der Waals surface area contributed by atoms with Gasteiger partial charge in [0, 0.05) is 18.2 Å². The molecule has 28 heavy (non-hydrogen) atoms. The monoisotopic (exact) mass is 408 g/mol. The van der Waals surface area contributed by atoms with Crippen molar-refractivity contribution in [1.29, 1.82) is 0 Å². The number of halogens is 7. The number of alkyl halides is 7. The second kappa shape index (κ2) is 7.78. The maximum Gasteiger partial charge on any atom is 0.435 e. The molecule has 0 spiro atoms. The average Bonchev–Trinajstić information content (AvgIpc) is 2.64. The van der Waals surface area contributed by atoms with Gasteiger partial charge in [0.25, 0.3) is 5.91 Å². The van der Waals surface area contributed by atoms with Crippen molar-refractivity contribution in [1.82, 2.24) is 10.4 Å². The molecule has 0 aliphatic rings. The van der Waals surface area contributed by atoms with Gasteiger partial charge in [0.1, 0.15) is 0 Å². The van der Waals surface area contributed by atoms with E-state index in [1.807, 2.05) is 0 Å². The first-order valence-electron chi connectivity index (χ1n) is 7.88. The maximum absolute atomic E-state index is 14.0. The van der Waals surface area contributed by atoms with Gasteiger partial charge in [-0.3, -0.25) is 9.80 Å². The van der Waals surface area contributed by atoms with Crippen LogP contribution in [0.3, 0.4) is 0 Å². The lowest BCUT2D eigenvalue weighted by Gasteiger charge is -2.30. The normalized spacial score (nSPS) is 12.7. The van der Waals surface area contributed by atoms with Gasteiger partial charge in [-0.05, 0) is 17.7 Å². The molecule has 10 heteroatoms. The van der Waals surface area contributed by atoms with E-state index in [9.17, 15) is 35.5 Å². The molecule has 1 N–H and O–H groups in total. The van der Waals surface area contributed by atoms with Crippen molar-refractivity contribution in [3.8, 4) is 0 Å². The molecule has 0 unspecified atom stereocenters. The minimum Gasteiger partial charge on any atom is -0.270 e. The van der Waals surface area contributed by atoms with Crippen LogP contribution in [0.4, 0.5) is 30.7 Å². The van der Waals surface area contributed by atoms with E-state index in [1.165, 1.54) is 7.05 Å². The molecule has 2 aromatic rings. The number of carbonyl (C=O) groups is 1. The Kier molecular flexibility index (Phi) is 6.03. The highest BCUT2D eigenvalue weighted by Crippen LogP contribution is 2.53. The third kappa shape index (κ3) is 4.11. The first-order valence-corrected chi connectivity index (χ1v) is 7.88. The fourth-order valence-electron chi connectivity index (χ4n) is 2.50. The van der Waals surface area contributed by atoms with Crippen LogP contribution in [-0.4, -0.2) is 30.3 Å². The van der Waals surface area contributed by atoms with E-state index in [2.05, 4.69) is 5.43 Å². The summed E-state index contributed by atoms with van der Waals surface area (Å²) in [5, 5.41) is 1.11. The predicted molar refractivity (Wildman–Crippen MR) is 86.7 cm³/mol. The van der Waals surface area contributed by atoms with E-state index < -0.39 is 29.5 Å². The summed E-state index contributed by atoms with van der Waals surface area (Å²) in [5.74, 6) is -0.461. The molecule has 152 valence electrons. The zero-order valence-corrected chi connectivity index (χ0v) is 14.4. The molecule has 0 saturated heterocycles. The van der Waals surface area contributed by atoms with Crippen LogP contribution >= 0.6 is 0 Å². The van der Waals surface area contributed by atoms with E-state index >= 15 is 0 Å². The molecule has 1 amide bonds. The largest absolute Gasteiger partial charge is 0.435 e. The van der Waals surface area contributed by atoms with Crippen molar-refractivity contribution in [2.75, 3.05) is 7.05 Å². The fraction of sp³-hybridized carbons (Fsp3) is 0.278. The summed E-state index contributed by atoms with van der Waals surface area (Å²) >= 11 is 0. The van der Waals surface area contributed by atoms with Crippen LogP contribution in [0.5, 0.6) is 0 Å². The number of nitrogens with one attached hydrogen (secondary N) is 1. The highest BCUT2D eigenvalue weighted by Gasteiger charge is 2.73. The topological polar surface area (TPSA) is 32.3 Å². The van der Waals surface area contributed by atoms with Crippen molar-refractivity contribution in [3.63, 3.8) is 0 Å². The van der Waals surface area contributed by atoms with E-state index in [-0.39, 0.29) is 12.1 Å². The van der Waals surface area contributed by atoms with Crippen molar-refractivity contribution >= 4 is 5.91 Å². The molecule has 0 bridgehead atoms. The number of hydrazine groups is 1. The lowest BCUT2D eigenvalue weighted by Crippen LogP contribution is -2.50. The van der Waals surface area contributed by atoms with E-state index in [1.54, 1.807) is 30.3 Å². The molecular formula is C18H15F7N2O. The predicted octanol–water partition coefficient (Wildman–Crippen LogP) is 4.75. The first kappa shape index (κ1) is 21.7. The molecule has 0 atom stereocenters. The number of amides is 1. The second-order valence-corrected chi connectivity index (χ2v) is 5.83. The van der Waals surface area contributed by atoms with Gasteiger partial charge in [-0.1, -0.05) is 42.5 Å². The molecule has 0 aromatic heterocycles. The second-order valence-electron chi connectivity index (χ2n) is 5.83. The number of carbonyl (C=O) groups excluding carboxylic acids is 1. The van der Waals surface area contributed by atoms with Gasteiger partial charge >= 0.3 is 18.0 Å². The van der Waals surface area contributed by atoms with Crippen LogP contribution in [0.1, 0.15) is 21.5 Å². The van der Waals surface area contributed by atoms with E-state index in [0.717, 1.165) is 17.1 Å². The molecule has 0 heterocycles. The Morgan fingerprint density at radius 3 is 1.79 bits per heavy atom. The molecule has 2 rings (SSSR count). The molecule has 0 radical (unpaired) electrons. The maximum atomic E-state index is 14.0. The molecule has 3 nitrogen and oxygen atoms in total. The molecule has 0 saturated carbocycles. The van der Waals surface area contributed by atoms with Crippen molar-refractivity contribution in [2.45, 2.75) is 24.6 Å². The van der Waals surface area contributed by atoms with Crippen LogP contribution in [0, 0.1) is 0 Å². The van der Waals surface area contributed by atoms with Crippen LogP contribution in [0.15, 0.2) is 54.6 Å². The number of rotatable bonds is 5. The highest BCUT2D eigenvalue weighted by atomic mass is 19.4. The minimum absolute atomic E-state index is 0.165. The zero-order valence-electron chi connectivity index (χ0n) is 14.4.